The molecule has 2 rings (SSSR count). The van der Waals surface area contributed by atoms with Crippen molar-refractivity contribution in [2.24, 2.45) is 0 Å². The molecule has 3 atom stereocenters. The largest absolute Gasteiger partial charge is 0.444 e. The van der Waals surface area contributed by atoms with Crippen molar-refractivity contribution in [3.8, 4) is 0 Å². The minimum absolute atomic E-state index is 0.187. The molecule has 122 valence electrons. The Kier molecular flexibility index (Phi) is 5.49. The molecule has 0 radical (unpaired) electrons. The van der Waals surface area contributed by atoms with Gasteiger partial charge in [-0.1, -0.05) is 0 Å². The molecule has 0 saturated carbocycles. The highest BCUT2D eigenvalue weighted by Crippen LogP contribution is 2.21. The highest BCUT2D eigenvalue weighted by molar-refractivity contribution is 5.68. The van der Waals surface area contributed by atoms with Gasteiger partial charge in [-0.15, -0.1) is 0 Å². The zero-order valence-corrected chi connectivity index (χ0v) is 13.9. The quantitative estimate of drug-likeness (QED) is 0.870. The monoisotopic (exact) mass is 298 g/mol. The lowest BCUT2D eigenvalue weighted by atomic mass is 9.98. The molecule has 5 heteroatoms. The first-order chi connectivity index (χ1) is 9.85. The molecule has 0 aromatic carbocycles. The van der Waals surface area contributed by atoms with Crippen LogP contribution in [-0.4, -0.2) is 54.5 Å². The number of hydrogen-bond acceptors (Lipinski definition) is 4. The summed E-state index contributed by atoms with van der Waals surface area (Å²) in [6.07, 6.45) is 4.50. The van der Waals surface area contributed by atoms with E-state index in [0.29, 0.717) is 12.1 Å². The van der Waals surface area contributed by atoms with E-state index in [1.165, 1.54) is 12.8 Å². The maximum atomic E-state index is 12.2. The lowest BCUT2D eigenvalue weighted by Gasteiger charge is -2.38. The van der Waals surface area contributed by atoms with E-state index in [0.717, 1.165) is 32.5 Å². The van der Waals surface area contributed by atoms with E-state index >= 15 is 0 Å². The lowest BCUT2D eigenvalue weighted by Crippen LogP contribution is -2.51. The molecule has 2 saturated heterocycles. The molecule has 1 amide bonds. The molecule has 2 heterocycles. The van der Waals surface area contributed by atoms with Gasteiger partial charge in [-0.3, -0.25) is 0 Å². The fourth-order valence-electron chi connectivity index (χ4n) is 3.05. The fourth-order valence-corrected chi connectivity index (χ4v) is 3.05. The van der Waals surface area contributed by atoms with Gasteiger partial charge in [0, 0.05) is 31.8 Å². The fraction of sp³-hybridized carbons (Fsp3) is 0.938. The van der Waals surface area contributed by atoms with E-state index in [4.69, 9.17) is 9.47 Å². The summed E-state index contributed by atoms with van der Waals surface area (Å²) in [5, 5.41) is 3.60. The SMILES string of the molecule is CC1CC(NCC2CCCO2)CCN1C(=O)OC(C)(C)C. The number of likely N-dealkylation sites (tertiary alicyclic amines) is 1. The van der Waals surface area contributed by atoms with Gasteiger partial charge in [-0.05, 0) is 53.4 Å². The average molecular weight is 298 g/mol. The molecular weight excluding hydrogens is 268 g/mol. The second-order valence-electron chi connectivity index (χ2n) is 7.29. The predicted molar refractivity (Wildman–Crippen MR) is 82.4 cm³/mol. The van der Waals surface area contributed by atoms with E-state index in [-0.39, 0.29) is 12.1 Å². The summed E-state index contributed by atoms with van der Waals surface area (Å²) in [4.78, 5) is 14.0. The number of amides is 1. The Morgan fingerprint density at radius 3 is 2.71 bits per heavy atom. The minimum atomic E-state index is -0.425. The molecule has 3 unspecified atom stereocenters. The minimum Gasteiger partial charge on any atom is -0.444 e. The van der Waals surface area contributed by atoms with Gasteiger partial charge in [0.2, 0.25) is 0 Å². The summed E-state index contributed by atoms with van der Waals surface area (Å²) < 4.78 is 11.1. The third-order valence-corrected chi connectivity index (χ3v) is 4.16. The van der Waals surface area contributed by atoms with E-state index in [1.54, 1.807) is 0 Å². The molecule has 5 nitrogen and oxygen atoms in total. The summed E-state index contributed by atoms with van der Waals surface area (Å²) in [6.45, 7) is 10.4. The first kappa shape index (κ1) is 16.6. The van der Waals surface area contributed by atoms with Crippen LogP contribution in [-0.2, 0) is 9.47 Å². The van der Waals surface area contributed by atoms with Gasteiger partial charge in [0.1, 0.15) is 5.60 Å². The van der Waals surface area contributed by atoms with Crippen molar-refractivity contribution in [2.75, 3.05) is 19.7 Å². The molecule has 1 N–H and O–H groups in total. The topological polar surface area (TPSA) is 50.8 Å². The van der Waals surface area contributed by atoms with Gasteiger partial charge in [0.05, 0.1) is 6.10 Å². The van der Waals surface area contributed by atoms with E-state index < -0.39 is 5.60 Å². The van der Waals surface area contributed by atoms with Crippen LogP contribution in [0, 0.1) is 0 Å². The third kappa shape index (κ3) is 5.15. The molecule has 2 aliphatic heterocycles. The van der Waals surface area contributed by atoms with Crippen molar-refractivity contribution < 1.29 is 14.3 Å². The normalized spacial score (nSPS) is 30.5. The Morgan fingerprint density at radius 2 is 2.14 bits per heavy atom. The lowest BCUT2D eigenvalue weighted by molar-refractivity contribution is 0.00868. The van der Waals surface area contributed by atoms with Crippen LogP contribution in [0.5, 0.6) is 0 Å². The van der Waals surface area contributed by atoms with Gasteiger partial charge in [0.15, 0.2) is 0 Å². The molecule has 0 spiro atoms. The number of nitrogens with zero attached hydrogens (tertiary/aromatic N) is 1. The third-order valence-electron chi connectivity index (χ3n) is 4.16. The predicted octanol–water partition coefficient (Wildman–Crippen LogP) is 2.54. The number of nitrogens with one attached hydrogen (secondary N) is 1. The van der Waals surface area contributed by atoms with Gasteiger partial charge in [-0.2, -0.15) is 0 Å². The first-order valence-corrected chi connectivity index (χ1v) is 8.20. The van der Waals surface area contributed by atoms with E-state index in [9.17, 15) is 4.79 Å². The standard InChI is InChI=1S/C16H30N2O3/c1-12-10-13(17-11-14-6-5-9-20-14)7-8-18(12)15(19)21-16(2,3)4/h12-14,17H,5-11H2,1-4H3. The molecule has 0 aromatic heterocycles. The number of rotatable bonds is 3. The van der Waals surface area contributed by atoms with Gasteiger partial charge in [0.25, 0.3) is 0 Å². The van der Waals surface area contributed by atoms with E-state index in [1.807, 2.05) is 25.7 Å². The van der Waals surface area contributed by atoms with Crippen LogP contribution in [0.3, 0.4) is 0 Å². The smallest absolute Gasteiger partial charge is 0.410 e. The van der Waals surface area contributed by atoms with Crippen molar-refractivity contribution in [3.63, 3.8) is 0 Å². The Morgan fingerprint density at radius 1 is 1.38 bits per heavy atom. The molecule has 21 heavy (non-hydrogen) atoms. The van der Waals surface area contributed by atoms with Crippen molar-refractivity contribution in [3.05, 3.63) is 0 Å². The van der Waals surface area contributed by atoms with Crippen molar-refractivity contribution in [1.82, 2.24) is 10.2 Å². The van der Waals surface area contributed by atoms with E-state index in [2.05, 4.69) is 12.2 Å². The number of piperidine rings is 1. The molecule has 0 bridgehead atoms. The average Bonchev–Trinajstić information content (AvgIpc) is 2.87. The van der Waals surface area contributed by atoms with Crippen LogP contribution >= 0.6 is 0 Å². The summed E-state index contributed by atoms with van der Waals surface area (Å²) >= 11 is 0. The Balaban J connectivity index is 1.74. The second-order valence-corrected chi connectivity index (χ2v) is 7.29. The summed E-state index contributed by atoms with van der Waals surface area (Å²) in [7, 11) is 0. The Bertz CT molecular complexity index is 348. The second kappa shape index (κ2) is 6.97. The maximum absolute atomic E-state index is 12.2. The molecule has 0 aromatic rings. The molecule has 2 aliphatic rings. The first-order valence-electron chi connectivity index (χ1n) is 8.20. The highest BCUT2D eigenvalue weighted by Gasteiger charge is 2.32. The number of hydrogen-bond donors (Lipinski definition) is 1. The van der Waals surface area contributed by atoms with Crippen LogP contribution in [0.15, 0.2) is 0 Å². The molecule has 0 aliphatic carbocycles. The van der Waals surface area contributed by atoms with Crippen LogP contribution in [0.25, 0.3) is 0 Å². The molecular formula is C16H30N2O3. The zero-order valence-electron chi connectivity index (χ0n) is 13.9. The van der Waals surface area contributed by atoms with Crippen LogP contribution in [0.4, 0.5) is 4.79 Å². The van der Waals surface area contributed by atoms with Crippen molar-refractivity contribution in [2.45, 2.75) is 77.2 Å². The highest BCUT2D eigenvalue weighted by atomic mass is 16.6. The van der Waals surface area contributed by atoms with Crippen molar-refractivity contribution in [1.29, 1.82) is 0 Å². The van der Waals surface area contributed by atoms with Crippen LogP contribution < -0.4 is 5.32 Å². The zero-order chi connectivity index (χ0) is 15.5. The van der Waals surface area contributed by atoms with Crippen LogP contribution in [0.2, 0.25) is 0 Å². The Hall–Kier alpha value is -0.810. The summed E-state index contributed by atoms with van der Waals surface area (Å²) in [6, 6.07) is 0.693. The number of carbonyl (C=O) groups is 1. The summed E-state index contributed by atoms with van der Waals surface area (Å²) in [5.41, 5.74) is -0.425. The van der Waals surface area contributed by atoms with Gasteiger partial charge < -0.3 is 19.7 Å². The number of carbonyl (C=O) groups excluding carboxylic acids is 1. The molecule has 2 fully saturated rings. The van der Waals surface area contributed by atoms with Crippen molar-refractivity contribution >= 4 is 6.09 Å². The summed E-state index contributed by atoms with van der Waals surface area (Å²) in [5.74, 6) is 0. The Labute approximate surface area is 128 Å². The van der Waals surface area contributed by atoms with Gasteiger partial charge >= 0.3 is 6.09 Å². The van der Waals surface area contributed by atoms with Crippen LogP contribution in [0.1, 0.15) is 53.4 Å². The number of ether oxygens (including phenoxy) is 2. The van der Waals surface area contributed by atoms with Gasteiger partial charge in [-0.25, -0.2) is 4.79 Å². The maximum Gasteiger partial charge on any atom is 0.410 e.